The van der Waals surface area contributed by atoms with Gasteiger partial charge in [0.1, 0.15) is 5.75 Å². The van der Waals surface area contributed by atoms with Gasteiger partial charge in [-0.15, -0.1) is 0 Å². The van der Waals surface area contributed by atoms with E-state index in [0.717, 1.165) is 37.3 Å². The SMILES string of the molecule is CC(C)(C)c1cc(C(=O)CN2CCNCC2)cc(C(C)(C)C)c1O. The number of benzene rings is 1. The number of aromatic hydroxyl groups is 1. The summed E-state index contributed by atoms with van der Waals surface area (Å²) in [6.07, 6.45) is 0. The Morgan fingerprint density at radius 2 is 1.50 bits per heavy atom. The van der Waals surface area contributed by atoms with Gasteiger partial charge in [-0.1, -0.05) is 41.5 Å². The average Bonchev–Trinajstić information content (AvgIpc) is 2.46. The second-order valence-corrected chi connectivity index (χ2v) is 8.87. The molecule has 1 heterocycles. The third kappa shape index (κ3) is 4.37. The van der Waals surface area contributed by atoms with Gasteiger partial charge in [0, 0.05) is 42.9 Å². The third-order valence-electron chi connectivity index (χ3n) is 4.62. The van der Waals surface area contributed by atoms with Crippen molar-refractivity contribution in [2.24, 2.45) is 0 Å². The Hall–Kier alpha value is -1.39. The Morgan fingerprint density at radius 3 is 1.92 bits per heavy atom. The Bertz CT molecular complexity index is 568. The monoisotopic (exact) mass is 332 g/mol. The van der Waals surface area contributed by atoms with Gasteiger partial charge in [-0.05, 0) is 23.0 Å². The van der Waals surface area contributed by atoms with Crippen LogP contribution in [0.2, 0.25) is 0 Å². The molecule has 0 saturated carbocycles. The quantitative estimate of drug-likeness (QED) is 0.835. The first-order valence-corrected chi connectivity index (χ1v) is 8.84. The number of hydrogen-bond donors (Lipinski definition) is 2. The van der Waals surface area contributed by atoms with E-state index in [4.69, 9.17) is 0 Å². The molecule has 0 spiro atoms. The lowest BCUT2D eigenvalue weighted by molar-refractivity contribution is 0.0921. The number of phenolic OH excluding ortho intramolecular Hbond substituents is 1. The molecular formula is C20H32N2O2. The summed E-state index contributed by atoms with van der Waals surface area (Å²) in [7, 11) is 0. The van der Waals surface area contributed by atoms with Gasteiger partial charge >= 0.3 is 0 Å². The van der Waals surface area contributed by atoms with E-state index < -0.39 is 0 Å². The van der Waals surface area contributed by atoms with E-state index in [2.05, 4.69) is 51.8 Å². The zero-order chi connectivity index (χ0) is 18.1. The van der Waals surface area contributed by atoms with Crippen LogP contribution in [0.1, 0.15) is 63.0 Å². The van der Waals surface area contributed by atoms with Gasteiger partial charge in [-0.25, -0.2) is 0 Å². The molecule has 0 atom stereocenters. The van der Waals surface area contributed by atoms with Crippen LogP contribution in [0.15, 0.2) is 12.1 Å². The van der Waals surface area contributed by atoms with Crippen LogP contribution >= 0.6 is 0 Å². The molecule has 1 saturated heterocycles. The molecule has 2 rings (SSSR count). The van der Waals surface area contributed by atoms with Crippen LogP contribution in [0.5, 0.6) is 5.75 Å². The standard InChI is InChI=1S/C20H32N2O2/c1-19(2,3)15-11-14(12-16(18(15)24)20(4,5)6)17(23)13-22-9-7-21-8-10-22/h11-12,21,24H,7-10,13H2,1-6H3. The van der Waals surface area contributed by atoms with Crippen molar-refractivity contribution in [2.45, 2.75) is 52.4 Å². The van der Waals surface area contributed by atoms with Crippen LogP contribution in [0.3, 0.4) is 0 Å². The molecule has 1 aromatic rings. The van der Waals surface area contributed by atoms with E-state index in [1.165, 1.54) is 0 Å². The van der Waals surface area contributed by atoms with Gasteiger partial charge < -0.3 is 10.4 Å². The maximum atomic E-state index is 12.8. The number of rotatable bonds is 3. The van der Waals surface area contributed by atoms with Gasteiger partial charge in [-0.3, -0.25) is 9.69 Å². The lowest BCUT2D eigenvalue weighted by Crippen LogP contribution is -2.45. The van der Waals surface area contributed by atoms with Crippen LogP contribution < -0.4 is 5.32 Å². The predicted molar refractivity (Wildman–Crippen MR) is 99.1 cm³/mol. The molecule has 1 aliphatic heterocycles. The summed E-state index contributed by atoms with van der Waals surface area (Å²) in [5, 5.41) is 14.1. The smallest absolute Gasteiger partial charge is 0.176 e. The minimum atomic E-state index is -0.213. The van der Waals surface area contributed by atoms with E-state index in [-0.39, 0.29) is 16.6 Å². The van der Waals surface area contributed by atoms with E-state index in [9.17, 15) is 9.90 Å². The van der Waals surface area contributed by atoms with Crippen LogP contribution in [-0.2, 0) is 10.8 Å². The first-order chi connectivity index (χ1) is 11.0. The predicted octanol–water partition coefficient (Wildman–Crippen LogP) is 3.08. The van der Waals surface area contributed by atoms with Gasteiger partial charge in [0.05, 0.1) is 6.54 Å². The van der Waals surface area contributed by atoms with Gasteiger partial charge in [0.25, 0.3) is 0 Å². The zero-order valence-electron chi connectivity index (χ0n) is 16.0. The molecule has 0 amide bonds. The van der Waals surface area contributed by atoms with Crippen molar-refractivity contribution in [3.63, 3.8) is 0 Å². The van der Waals surface area contributed by atoms with E-state index in [0.29, 0.717) is 17.9 Å². The number of nitrogens with zero attached hydrogens (tertiary/aromatic N) is 1. The van der Waals surface area contributed by atoms with Crippen molar-refractivity contribution >= 4 is 5.78 Å². The largest absolute Gasteiger partial charge is 0.507 e. The van der Waals surface area contributed by atoms with Gasteiger partial charge in [-0.2, -0.15) is 0 Å². The van der Waals surface area contributed by atoms with Crippen molar-refractivity contribution in [3.05, 3.63) is 28.8 Å². The second kappa shape index (κ2) is 6.85. The maximum Gasteiger partial charge on any atom is 0.176 e. The molecular weight excluding hydrogens is 300 g/mol. The molecule has 0 bridgehead atoms. The summed E-state index contributed by atoms with van der Waals surface area (Å²) in [5.74, 6) is 0.460. The topological polar surface area (TPSA) is 52.6 Å². The average molecular weight is 332 g/mol. The minimum Gasteiger partial charge on any atom is -0.507 e. The first-order valence-electron chi connectivity index (χ1n) is 8.84. The highest BCUT2D eigenvalue weighted by atomic mass is 16.3. The second-order valence-electron chi connectivity index (χ2n) is 8.87. The third-order valence-corrected chi connectivity index (χ3v) is 4.62. The molecule has 0 aliphatic carbocycles. The normalized spacial score (nSPS) is 17.1. The number of hydrogen-bond acceptors (Lipinski definition) is 4. The van der Waals surface area contributed by atoms with Crippen LogP contribution in [0.25, 0.3) is 0 Å². The maximum absolute atomic E-state index is 12.8. The molecule has 0 unspecified atom stereocenters. The molecule has 1 aromatic carbocycles. The van der Waals surface area contributed by atoms with E-state index in [1.807, 2.05) is 12.1 Å². The number of piperazine rings is 1. The highest BCUT2D eigenvalue weighted by molar-refractivity contribution is 5.98. The minimum absolute atomic E-state index is 0.132. The zero-order valence-corrected chi connectivity index (χ0v) is 16.0. The fraction of sp³-hybridized carbons (Fsp3) is 0.650. The molecule has 2 N–H and O–H groups in total. The Labute approximate surface area is 146 Å². The summed E-state index contributed by atoms with van der Waals surface area (Å²) >= 11 is 0. The molecule has 134 valence electrons. The molecule has 1 fully saturated rings. The van der Waals surface area contributed by atoms with Crippen LogP contribution in [-0.4, -0.2) is 48.5 Å². The Morgan fingerprint density at radius 1 is 1.04 bits per heavy atom. The summed E-state index contributed by atoms with van der Waals surface area (Å²) in [6, 6.07) is 3.77. The molecule has 24 heavy (non-hydrogen) atoms. The summed E-state index contributed by atoms with van der Waals surface area (Å²) in [5.41, 5.74) is 1.98. The lowest BCUT2D eigenvalue weighted by atomic mass is 9.78. The molecule has 1 aliphatic rings. The number of Topliss-reactive ketones (excluding diaryl/α,β-unsaturated/α-hetero) is 1. The number of nitrogens with one attached hydrogen (secondary N) is 1. The van der Waals surface area contributed by atoms with E-state index in [1.54, 1.807) is 0 Å². The Balaban J connectivity index is 2.40. The first kappa shape index (κ1) is 18.9. The van der Waals surface area contributed by atoms with Crippen molar-refractivity contribution in [3.8, 4) is 5.75 Å². The van der Waals surface area contributed by atoms with Crippen molar-refractivity contribution in [2.75, 3.05) is 32.7 Å². The van der Waals surface area contributed by atoms with Gasteiger partial charge in [0.2, 0.25) is 0 Å². The summed E-state index contributed by atoms with van der Waals surface area (Å²) < 4.78 is 0. The van der Waals surface area contributed by atoms with Crippen molar-refractivity contribution in [1.82, 2.24) is 10.2 Å². The van der Waals surface area contributed by atoms with Gasteiger partial charge in [0.15, 0.2) is 5.78 Å². The van der Waals surface area contributed by atoms with Crippen molar-refractivity contribution in [1.29, 1.82) is 0 Å². The fourth-order valence-corrected chi connectivity index (χ4v) is 3.10. The number of ketones is 1. The number of carbonyl (C=O) groups is 1. The number of carbonyl (C=O) groups excluding carboxylic acids is 1. The molecule has 0 aromatic heterocycles. The highest BCUT2D eigenvalue weighted by Gasteiger charge is 2.28. The molecule has 4 heteroatoms. The lowest BCUT2D eigenvalue weighted by Gasteiger charge is -2.29. The van der Waals surface area contributed by atoms with E-state index >= 15 is 0 Å². The van der Waals surface area contributed by atoms with Crippen molar-refractivity contribution < 1.29 is 9.90 Å². The Kier molecular flexibility index (Phi) is 5.41. The fourth-order valence-electron chi connectivity index (χ4n) is 3.10. The summed E-state index contributed by atoms with van der Waals surface area (Å²) in [6.45, 7) is 16.5. The van der Waals surface area contributed by atoms with Crippen LogP contribution in [0, 0.1) is 0 Å². The summed E-state index contributed by atoms with van der Waals surface area (Å²) in [4.78, 5) is 15.0. The molecule has 4 nitrogen and oxygen atoms in total. The van der Waals surface area contributed by atoms with Crippen LogP contribution in [0.4, 0.5) is 0 Å². The number of phenols is 1. The highest BCUT2D eigenvalue weighted by Crippen LogP contribution is 2.39. The molecule has 0 radical (unpaired) electrons.